The smallest absolute Gasteiger partial charge is 0.200 e. The normalized spacial score (nSPS) is 11.0. The molecule has 2 aromatic heterocycles. The second-order valence-corrected chi connectivity index (χ2v) is 6.27. The van der Waals surface area contributed by atoms with Crippen molar-refractivity contribution in [2.24, 2.45) is 0 Å². The summed E-state index contributed by atoms with van der Waals surface area (Å²) in [7, 11) is 0. The van der Waals surface area contributed by atoms with Crippen molar-refractivity contribution in [2.75, 3.05) is 0 Å². The molecule has 3 rings (SSSR count). The molecule has 26 heavy (non-hydrogen) atoms. The van der Waals surface area contributed by atoms with Gasteiger partial charge in [-0.05, 0) is 30.0 Å². The zero-order valence-electron chi connectivity index (χ0n) is 13.0. The highest BCUT2D eigenvalue weighted by Gasteiger charge is 2.26. The Morgan fingerprint density at radius 3 is 2.19 bits per heavy atom. The van der Waals surface area contributed by atoms with Gasteiger partial charge in [-0.3, -0.25) is 9.78 Å². The molecule has 0 radical (unpaired) electrons. The van der Waals surface area contributed by atoms with E-state index in [0.717, 1.165) is 11.3 Å². The number of halogens is 5. The van der Waals surface area contributed by atoms with Crippen LogP contribution in [-0.2, 0) is 6.42 Å². The molecule has 2 heterocycles. The van der Waals surface area contributed by atoms with Crippen molar-refractivity contribution in [3.05, 3.63) is 75.4 Å². The molecule has 0 bridgehead atoms. The van der Waals surface area contributed by atoms with E-state index in [2.05, 4.69) is 4.98 Å². The van der Waals surface area contributed by atoms with Gasteiger partial charge in [0.25, 0.3) is 0 Å². The Bertz CT molecular complexity index is 942. The van der Waals surface area contributed by atoms with Gasteiger partial charge in [0, 0.05) is 23.7 Å². The number of Topliss-reactive ketones (excluding diaryl/α,β-unsaturated/α-hetero) is 1. The van der Waals surface area contributed by atoms with Crippen LogP contribution in [0.15, 0.2) is 35.8 Å². The molecule has 134 valence electrons. The summed E-state index contributed by atoms with van der Waals surface area (Å²) in [6.45, 7) is 0. The van der Waals surface area contributed by atoms with Crippen LogP contribution in [0.2, 0.25) is 0 Å². The average molecular weight is 383 g/mol. The first-order chi connectivity index (χ1) is 12.4. The van der Waals surface area contributed by atoms with Gasteiger partial charge in [-0.25, -0.2) is 22.0 Å². The molecule has 0 fully saturated rings. The second-order valence-electron chi connectivity index (χ2n) is 5.35. The van der Waals surface area contributed by atoms with Gasteiger partial charge in [-0.2, -0.15) is 0 Å². The first-order valence-corrected chi connectivity index (χ1v) is 8.32. The summed E-state index contributed by atoms with van der Waals surface area (Å²) in [6, 6.07) is 6.82. The summed E-state index contributed by atoms with van der Waals surface area (Å²) in [5.74, 6) is -10.5. The van der Waals surface area contributed by atoms with Crippen LogP contribution >= 0.6 is 11.3 Å². The van der Waals surface area contributed by atoms with E-state index >= 15 is 0 Å². The van der Waals surface area contributed by atoms with Crippen molar-refractivity contribution in [3.8, 4) is 11.3 Å². The van der Waals surface area contributed by atoms with E-state index in [0.29, 0.717) is 16.1 Å². The van der Waals surface area contributed by atoms with Crippen LogP contribution in [0.25, 0.3) is 11.3 Å². The fourth-order valence-corrected chi connectivity index (χ4v) is 3.34. The Morgan fingerprint density at radius 2 is 1.58 bits per heavy atom. The predicted molar refractivity (Wildman–Crippen MR) is 86.4 cm³/mol. The van der Waals surface area contributed by atoms with Gasteiger partial charge in [0.1, 0.15) is 0 Å². The lowest BCUT2D eigenvalue weighted by atomic mass is 10.0. The molecule has 8 heteroatoms. The third kappa shape index (κ3) is 3.24. The van der Waals surface area contributed by atoms with Gasteiger partial charge in [0.15, 0.2) is 29.1 Å². The maximum Gasteiger partial charge on any atom is 0.200 e. The topological polar surface area (TPSA) is 30.0 Å². The molecular weight excluding hydrogens is 373 g/mol. The van der Waals surface area contributed by atoms with E-state index in [9.17, 15) is 26.7 Å². The second kappa shape index (κ2) is 7.33. The average Bonchev–Trinajstić information content (AvgIpc) is 3.15. The van der Waals surface area contributed by atoms with Crippen LogP contribution in [0.1, 0.15) is 21.7 Å². The van der Waals surface area contributed by atoms with E-state index in [4.69, 9.17) is 0 Å². The van der Waals surface area contributed by atoms with Crippen LogP contribution < -0.4 is 0 Å². The van der Waals surface area contributed by atoms with E-state index in [-0.39, 0.29) is 0 Å². The largest absolute Gasteiger partial charge is 0.293 e. The summed E-state index contributed by atoms with van der Waals surface area (Å²) < 4.78 is 66.9. The van der Waals surface area contributed by atoms with Gasteiger partial charge < -0.3 is 0 Å². The maximum atomic E-state index is 13.7. The molecule has 0 N–H and O–H groups in total. The minimum Gasteiger partial charge on any atom is -0.293 e. The Labute approximate surface area is 148 Å². The molecular formula is C18H10F5NOS. The predicted octanol–water partition coefficient (Wildman–Crippen LogP) is 5.32. The van der Waals surface area contributed by atoms with Crippen molar-refractivity contribution in [1.29, 1.82) is 0 Å². The van der Waals surface area contributed by atoms with Crippen molar-refractivity contribution in [2.45, 2.75) is 12.8 Å². The molecule has 1 aromatic carbocycles. The number of benzene rings is 1. The summed E-state index contributed by atoms with van der Waals surface area (Å²) >= 11 is 1.12. The summed E-state index contributed by atoms with van der Waals surface area (Å²) in [5.41, 5.74) is 0.108. The number of carbonyl (C=O) groups is 1. The Kier molecular flexibility index (Phi) is 5.13. The zero-order chi connectivity index (χ0) is 18.8. The number of hydrogen-bond donors (Lipinski definition) is 0. The Morgan fingerprint density at radius 1 is 0.923 bits per heavy atom. The van der Waals surface area contributed by atoms with E-state index in [1.165, 1.54) is 0 Å². The summed E-state index contributed by atoms with van der Waals surface area (Å²) in [4.78, 5) is 16.9. The highest BCUT2D eigenvalue weighted by Crippen LogP contribution is 2.29. The number of nitrogens with zero attached hydrogens (tertiary/aromatic N) is 1. The molecule has 0 unspecified atom stereocenters. The lowest BCUT2D eigenvalue weighted by Gasteiger charge is -2.08. The highest BCUT2D eigenvalue weighted by molar-refractivity contribution is 7.12. The highest BCUT2D eigenvalue weighted by atomic mass is 32.1. The van der Waals surface area contributed by atoms with Crippen molar-refractivity contribution < 1.29 is 26.7 Å². The summed E-state index contributed by atoms with van der Waals surface area (Å²) in [6.07, 6.45) is 0.541. The minimum absolute atomic E-state index is 0.313. The molecule has 3 aromatic rings. The van der Waals surface area contributed by atoms with Crippen LogP contribution in [-0.4, -0.2) is 10.8 Å². The molecule has 0 atom stereocenters. The van der Waals surface area contributed by atoms with Crippen LogP contribution in [0.5, 0.6) is 0 Å². The number of aromatic nitrogens is 1. The fraction of sp³-hybridized carbons (Fsp3) is 0.111. The van der Waals surface area contributed by atoms with Gasteiger partial charge in [0.05, 0.1) is 10.6 Å². The van der Waals surface area contributed by atoms with E-state index < -0.39 is 53.3 Å². The maximum absolute atomic E-state index is 13.7. The molecule has 0 aliphatic rings. The van der Waals surface area contributed by atoms with Crippen LogP contribution in [0.4, 0.5) is 22.0 Å². The molecule has 0 saturated heterocycles. The Balaban J connectivity index is 1.85. The molecule has 0 aliphatic heterocycles. The van der Waals surface area contributed by atoms with Gasteiger partial charge in [0.2, 0.25) is 5.82 Å². The van der Waals surface area contributed by atoms with Crippen LogP contribution in [0, 0.1) is 29.1 Å². The Hall–Kier alpha value is -2.61. The molecule has 0 amide bonds. The number of rotatable bonds is 5. The zero-order valence-corrected chi connectivity index (χ0v) is 13.8. The lowest BCUT2D eigenvalue weighted by Crippen LogP contribution is -2.09. The van der Waals surface area contributed by atoms with Gasteiger partial charge in [-0.15, -0.1) is 11.3 Å². The third-order valence-electron chi connectivity index (χ3n) is 3.76. The standard InChI is InChI=1S/C18H10F5NOS/c19-13-10(14(20)16(22)17(23)15(13)21)4-5-12(25)18-9(6-8-26-18)11-3-1-2-7-24-11/h1-3,6-8H,4-5H2. The quantitative estimate of drug-likeness (QED) is 0.258. The fourth-order valence-electron chi connectivity index (χ4n) is 2.47. The SMILES string of the molecule is O=C(CCc1c(F)c(F)c(F)c(F)c1F)c1sccc1-c1ccccn1. The van der Waals surface area contributed by atoms with Crippen molar-refractivity contribution >= 4 is 17.1 Å². The lowest BCUT2D eigenvalue weighted by molar-refractivity contribution is 0.0986. The number of thiophene rings is 1. The number of pyridine rings is 1. The molecule has 2 nitrogen and oxygen atoms in total. The first kappa shape index (κ1) is 18.2. The molecule has 0 saturated carbocycles. The molecule has 0 spiro atoms. The van der Waals surface area contributed by atoms with Gasteiger partial charge >= 0.3 is 0 Å². The van der Waals surface area contributed by atoms with Crippen molar-refractivity contribution in [3.63, 3.8) is 0 Å². The third-order valence-corrected chi connectivity index (χ3v) is 4.72. The van der Waals surface area contributed by atoms with E-state index in [1.54, 1.807) is 35.8 Å². The minimum atomic E-state index is -2.22. The summed E-state index contributed by atoms with van der Waals surface area (Å²) in [5, 5.41) is 1.66. The monoisotopic (exact) mass is 383 g/mol. The number of ketones is 1. The van der Waals surface area contributed by atoms with Crippen molar-refractivity contribution in [1.82, 2.24) is 4.98 Å². The van der Waals surface area contributed by atoms with Gasteiger partial charge in [-0.1, -0.05) is 6.07 Å². The first-order valence-electron chi connectivity index (χ1n) is 7.44. The number of hydrogen-bond acceptors (Lipinski definition) is 3. The number of carbonyl (C=O) groups excluding carboxylic acids is 1. The van der Waals surface area contributed by atoms with Crippen LogP contribution in [0.3, 0.4) is 0 Å². The van der Waals surface area contributed by atoms with E-state index in [1.807, 2.05) is 0 Å². The molecule has 0 aliphatic carbocycles.